The predicted molar refractivity (Wildman–Crippen MR) is 54.1 cm³/mol. The molecule has 7 heteroatoms. The van der Waals surface area contributed by atoms with E-state index in [1.807, 2.05) is 0 Å². The maximum atomic E-state index is 11.4. The van der Waals surface area contributed by atoms with Crippen molar-refractivity contribution in [2.45, 2.75) is 19.3 Å². The molecular weight excluding hydrogens is 198 g/mol. The van der Waals surface area contributed by atoms with Gasteiger partial charge in [-0.25, -0.2) is 0 Å². The lowest BCUT2D eigenvalue weighted by Gasteiger charge is -2.02. The summed E-state index contributed by atoms with van der Waals surface area (Å²) in [7, 11) is 0. The highest BCUT2D eigenvalue weighted by atomic mass is 16.2. The van der Waals surface area contributed by atoms with Gasteiger partial charge in [-0.05, 0) is 19.3 Å². The summed E-state index contributed by atoms with van der Waals surface area (Å²) in [5.74, 6) is -0.229. The number of aliphatic hydroxyl groups excluding tert-OH is 1. The molecule has 15 heavy (non-hydrogen) atoms. The van der Waals surface area contributed by atoms with Crippen LogP contribution in [0.1, 0.15) is 29.8 Å². The standard InChI is InChI=1S/C8H15N5O2/c9-7-6(11-13-12-7)8(15)10-4-2-1-3-5-14/h14H,1-5H2,(H,10,15)(H3,9,11,12,13). The Bertz CT molecular complexity index is 312. The SMILES string of the molecule is Nc1n[nH]nc1C(=O)NCCCCCO. The first kappa shape index (κ1) is 11.4. The molecule has 0 fully saturated rings. The molecule has 1 aromatic rings. The molecule has 1 aromatic heterocycles. The number of aromatic amines is 1. The number of carbonyl (C=O) groups is 1. The predicted octanol–water partition coefficient (Wildman–Crippen LogP) is -0.721. The summed E-state index contributed by atoms with van der Waals surface area (Å²) < 4.78 is 0. The van der Waals surface area contributed by atoms with Gasteiger partial charge in [-0.1, -0.05) is 0 Å². The first-order valence-corrected chi connectivity index (χ1v) is 4.81. The quantitative estimate of drug-likeness (QED) is 0.465. The Kier molecular flexibility index (Phi) is 4.55. The van der Waals surface area contributed by atoms with Crippen LogP contribution in [0, 0.1) is 0 Å². The third-order valence-electron chi connectivity index (χ3n) is 1.91. The van der Waals surface area contributed by atoms with Crippen molar-refractivity contribution < 1.29 is 9.90 Å². The van der Waals surface area contributed by atoms with Crippen LogP contribution in [0.2, 0.25) is 0 Å². The fraction of sp³-hybridized carbons (Fsp3) is 0.625. The fourth-order valence-corrected chi connectivity index (χ4v) is 1.11. The first-order chi connectivity index (χ1) is 7.25. The molecule has 0 aliphatic carbocycles. The first-order valence-electron chi connectivity index (χ1n) is 4.81. The van der Waals surface area contributed by atoms with Gasteiger partial charge in [-0.15, -0.1) is 10.2 Å². The third kappa shape index (κ3) is 3.55. The second-order valence-electron chi connectivity index (χ2n) is 3.10. The summed E-state index contributed by atoms with van der Waals surface area (Å²) in [5, 5.41) is 20.6. The van der Waals surface area contributed by atoms with Crippen LogP contribution in [0.3, 0.4) is 0 Å². The third-order valence-corrected chi connectivity index (χ3v) is 1.91. The Morgan fingerprint density at radius 3 is 2.80 bits per heavy atom. The van der Waals surface area contributed by atoms with Crippen molar-refractivity contribution in [3.05, 3.63) is 5.69 Å². The number of hydrogen-bond donors (Lipinski definition) is 4. The van der Waals surface area contributed by atoms with Gasteiger partial charge in [0, 0.05) is 13.2 Å². The van der Waals surface area contributed by atoms with Crippen molar-refractivity contribution in [2.75, 3.05) is 18.9 Å². The molecule has 5 N–H and O–H groups in total. The summed E-state index contributed by atoms with van der Waals surface area (Å²) in [6.07, 6.45) is 2.46. The number of aliphatic hydroxyl groups is 1. The second kappa shape index (κ2) is 5.97. The smallest absolute Gasteiger partial charge is 0.275 e. The van der Waals surface area contributed by atoms with Gasteiger partial charge in [-0.2, -0.15) is 5.21 Å². The lowest BCUT2D eigenvalue weighted by Crippen LogP contribution is -2.25. The van der Waals surface area contributed by atoms with Crippen LogP contribution >= 0.6 is 0 Å². The molecule has 0 aliphatic rings. The molecule has 0 atom stereocenters. The molecule has 7 nitrogen and oxygen atoms in total. The van der Waals surface area contributed by atoms with E-state index in [4.69, 9.17) is 10.8 Å². The minimum absolute atomic E-state index is 0.0999. The van der Waals surface area contributed by atoms with E-state index in [1.54, 1.807) is 0 Å². The van der Waals surface area contributed by atoms with Gasteiger partial charge in [0.05, 0.1) is 0 Å². The van der Waals surface area contributed by atoms with E-state index in [9.17, 15) is 4.79 Å². The van der Waals surface area contributed by atoms with Crippen molar-refractivity contribution >= 4 is 11.7 Å². The molecule has 0 aliphatic heterocycles. The van der Waals surface area contributed by atoms with Crippen molar-refractivity contribution in [1.29, 1.82) is 0 Å². The number of hydrogen-bond acceptors (Lipinski definition) is 5. The highest BCUT2D eigenvalue weighted by molar-refractivity contribution is 5.96. The Morgan fingerprint density at radius 1 is 1.40 bits per heavy atom. The zero-order valence-electron chi connectivity index (χ0n) is 8.36. The van der Waals surface area contributed by atoms with E-state index in [1.165, 1.54) is 0 Å². The zero-order valence-corrected chi connectivity index (χ0v) is 8.36. The molecule has 1 rings (SSSR count). The summed E-state index contributed by atoms with van der Waals surface area (Å²) in [4.78, 5) is 11.4. The number of nitrogen functional groups attached to an aromatic ring is 1. The second-order valence-corrected chi connectivity index (χ2v) is 3.10. The van der Waals surface area contributed by atoms with Gasteiger partial charge < -0.3 is 16.2 Å². The molecule has 0 saturated heterocycles. The van der Waals surface area contributed by atoms with E-state index in [0.717, 1.165) is 19.3 Å². The number of nitrogens with zero attached hydrogens (tertiary/aromatic N) is 2. The lowest BCUT2D eigenvalue weighted by molar-refractivity contribution is 0.0948. The summed E-state index contributed by atoms with van der Waals surface area (Å²) in [5.41, 5.74) is 5.52. The molecule has 0 aromatic carbocycles. The van der Waals surface area contributed by atoms with Crippen molar-refractivity contribution in [1.82, 2.24) is 20.7 Å². The van der Waals surface area contributed by atoms with Crippen LogP contribution in [-0.2, 0) is 0 Å². The van der Waals surface area contributed by atoms with E-state index < -0.39 is 0 Å². The molecule has 1 amide bonds. The molecule has 0 unspecified atom stereocenters. The summed E-state index contributed by atoms with van der Waals surface area (Å²) in [6, 6.07) is 0. The Hall–Kier alpha value is -1.63. The van der Waals surface area contributed by atoms with E-state index in [-0.39, 0.29) is 24.0 Å². The lowest BCUT2D eigenvalue weighted by atomic mass is 10.2. The van der Waals surface area contributed by atoms with Crippen LogP contribution in [-0.4, -0.2) is 39.6 Å². The normalized spacial score (nSPS) is 10.2. The fourth-order valence-electron chi connectivity index (χ4n) is 1.11. The van der Waals surface area contributed by atoms with Gasteiger partial charge in [0.15, 0.2) is 11.5 Å². The molecular formula is C8H15N5O2. The number of nitrogens with one attached hydrogen (secondary N) is 2. The molecule has 0 saturated carbocycles. The Morgan fingerprint density at radius 2 is 2.20 bits per heavy atom. The summed E-state index contributed by atoms with van der Waals surface area (Å²) in [6.45, 7) is 0.731. The van der Waals surface area contributed by atoms with Crippen LogP contribution in [0.25, 0.3) is 0 Å². The molecule has 0 spiro atoms. The van der Waals surface area contributed by atoms with Gasteiger partial charge in [0.1, 0.15) is 0 Å². The van der Waals surface area contributed by atoms with E-state index >= 15 is 0 Å². The van der Waals surface area contributed by atoms with Crippen LogP contribution in [0.15, 0.2) is 0 Å². The highest BCUT2D eigenvalue weighted by Crippen LogP contribution is 2.01. The summed E-state index contributed by atoms with van der Waals surface area (Å²) >= 11 is 0. The van der Waals surface area contributed by atoms with Gasteiger partial charge in [0.25, 0.3) is 5.91 Å². The topological polar surface area (TPSA) is 117 Å². The Balaban J connectivity index is 2.22. The van der Waals surface area contributed by atoms with Crippen LogP contribution in [0.5, 0.6) is 0 Å². The highest BCUT2D eigenvalue weighted by Gasteiger charge is 2.12. The molecule has 0 radical (unpaired) electrons. The van der Waals surface area contributed by atoms with E-state index in [2.05, 4.69) is 20.7 Å². The largest absolute Gasteiger partial charge is 0.396 e. The zero-order chi connectivity index (χ0) is 11.1. The number of amides is 1. The molecule has 0 bridgehead atoms. The maximum Gasteiger partial charge on any atom is 0.275 e. The average Bonchev–Trinajstić information content (AvgIpc) is 2.64. The number of rotatable bonds is 6. The van der Waals surface area contributed by atoms with E-state index in [0.29, 0.717) is 6.54 Å². The average molecular weight is 213 g/mol. The maximum absolute atomic E-state index is 11.4. The van der Waals surface area contributed by atoms with Crippen LogP contribution in [0.4, 0.5) is 5.82 Å². The minimum atomic E-state index is -0.328. The van der Waals surface area contributed by atoms with Gasteiger partial charge in [0.2, 0.25) is 0 Å². The van der Waals surface area contributed by atoms with Crippen molar-refractivity contribution in [3.8, 4) is 0 Å². The molecule has 1 heterocycles. The number of anilines is 1. The number of carbonyl (C=O) groups excluding carboxylic acids is 1. The Labute approximate surface area is 87.1 Å². The number of H-pyrrole nitrogens is 1. The monoisotopic (exact) mass is 213 g/mol. The van der Waals surface area contributed by atoms with Crippen molar-refractivity contribution in [3.63, 3.8) is 0 Å². The van der Waals surface area contributed by atoms with Gasteiger partial charge >= 0.3 is 0 Å². The number of unbranched alkanes of at least 4 members (excludes halogenated alkanes) is 2. The number of aromatic nitrogens is 3. The number of nitrogens with two attached hydrogens (primary N) is 1. The van der Waals surface area contributed by atoms with Gasteiger partial charge in [-0.3, -0.25) is 4.79 Å². The van der Waals surface area contributed by atoms with Crippen LogP contribution < -0.4 is 11.1 Å². The van der Waals surface area contributed by atoms with Crippen molar-refractivity contribution in [2.24, 2.45) is 0 Å². The molecule has 84 valence electrons. The minimum Gasteiger partial charge on any atom is -0.396 e.